The summed E-state index contributed by atoms with van der Waals surface area (Å²) in [5.74, 6) is 2.79. The monoisotopic (exact) mass is 1840 g/mol. The minimum atomic E-state index is 0.928. The smallest absolute Gasteiger partial charge is 0.145 e. The van der Waals surface area contributed by atoms with Crippen molar-refractivity contribution in [3.05, 3.63) is 510 Å². The van der Waals surface area contributed by atoms with Crippen LogP contribution in [0, 0.1) is 0 Å². The molecule has 0 spiro atoms. The number of fused-ring (bicyclic) bond motifs is 27. The van der Waals surface area contributed by atoms with Crippen LogP contribution in [0.4, 0.5) is 0 Å². The SMILES string of the molecule is c1ccc(-c2nc3c4ccccc4c4ccccc4c3n2-c2ccc(-c3cccc4c5cccnc5n(-c5ccccc5)c34)cc2)cc1.c1ccc(-c2nc3c4ccccc4c4ccccc4c3n2-c2ccc(-c3cccc4c5ccncc5n(-c5ccccc5)c34)cc2)cc1.c1ccc(-c2nc3c4ccccc4c4ccccc4c3n2-c2ccc(-c3cccc4c5cnccc5n(-c5ccccc5)c34)cc2)cc1. The number of pyridine rings is 3. The van der Waals surface area contributed by atoms with Crippen molar-refractivity contribution < 1.29 is 0 Å². The lowest BCUT2D eigenvalue weighted by molar-refractivity contribution is 1.11. The minimum Gasteiger partial charge on any atom is -0.309 e. The number of hydrogen-bond donors (Lipinski definition) is 0. The maximum atomic E-state index is 5.38. The molecule has 21 aromatic carbocycles. The summed E-state index contributed by atoms with van der Waals surface area (Å²) in [7, 11) is 0. The number of rotatable bonds is 12. The maximum absolute atomic E-state index is 5.38. The highest BCUT2D eigenvalue weighted by molar-refractivity contribution is 6.28. The van der Waals surface area contributed by atoms with E-state index in [1.807, 2.05) is 37.1 Å². The normalized spacial score (nSPS) is 11.8. The third-order valence-corrected chi connectivity index (χ3v) is 28.8. The van der Waals surface area contributed by atoms with Crippen molar-refractivity contribution in [3.8, 4) is 102 Å². The van der Waals surface area contributed by atoms with Crippen molar-refractivity contribution in [2.75, 3.05) is 0 Å². The van der Waals surface area contributed by atoms with E-state index >= 15 is 0 Å². The van der Waals surface area contributed by atoms with Crippen LogP contribution in [-0.4, -0.2) is 57.3 Å². The molecule has 9 aromatic heterocycles. The van der Waals surface area contributed by atoms with Gasteiger partial charge in [0.15, 0.2) is 0 Å². The Morgan fingerprint density at radius 3 is 0.799 bits per heavy atom. The fourth-order valence-corrected chi connectivity index (χ4v) is 22.5. The van der Waals surface area contributed by atoms with Gasteiger partial charge in [0.05, 0.1) is 66.9 Å². The lowest BCUT2D eigenvalue weighted by Crippen LogP contribution is -1.99. The molecular weight excluding hydrogens is 1750 g/mol. The van der Waals surface area contributed by atoms with Gasteiger partial charge in [0.1, 0.15) is 23.1 Å². The van der Waals surface area contributed by atoms with Crippen molar-refractivity contribution in [1.29, 1.82) is 0 Å². The van der Waals surface area contributed by atoms with Crippen LogP contribution in [0.5, 0.6) is 0 Å². The summed E-state index contributed by atoms with van der Waals surface area (Å²) in [5.41, 5.74) is 29.8. The second kappa shape index (κ2) is 34.3. The fourth-order valence-electron chi connectivity index (χ4n) is 22.5. The number of benzene rings is 21. The summed E-state index contributed by atoms with van der Waals surface area (Å²) >= 11 is 0. The Kier molecular flexibility index (Phi) is 19.7. The lowest BCUT2D eigenvalue weighted by atomic mass is 9.99. The maximum Gasteiger partial charge on any atom is 0.145 e. The first kappa shape index (κ1) is 82.7. The molecule has 30 rings (SSSR count). The van der Waals surface area contributed by atoms with Crippen LogP contribution in [0.25, 0.3) is 265 Å². The second-order valence-corrected chi connectivity index (χ2v) is 36.7. The first-order valence-corrected chi connectivity index (χ1v) is 48.8. The zero-order valence-electron chi connectivity index (χ0n) is 77.9. The van der Waals surface area contributed by atoms with Crippen LogP contribution in [0.2, 0.25) is 0 Å². The van der Waals surface area contributed by atoms with E-state index in [-0.39, 0.29) is 0 Å². The third-order valence-electron chi connectivity index (χ3n) is 28.8. The first-order chi connectivity index (χ1) is 71.5. The Balaban J connectivity index is 0.000000105. The molecule has 9 heterocycles. The number of para-hydroxylation sites is 6. The molecule has 672 valence electrons. The van der Waals surface area contributed by atoms with Crippen molar-refractivity contribution in [2.45, 2.75) is 0 Å². The van der Waals surface area contributed by atoms with Crippen molar-refractivity contribution in [2.24, 2.45) is 0 Å². The van der Waals surface area contributed by atoms with Gasteiger partial charge in [-0.1, -0.05) is 382 Å². The predicted octanol–water partition coefficient (Wildman–Crippen LogP) is 33.5. The van der Waals surface area contributed by atoms with E-state index in [1.54, 1.807) is 0 Å². The first-order valence-electron chi connectivity index (χ1n) is 48.8. The van der Waals surface area contributed by atoms with Crippen LogP contribution in [0.1, 0.15) is 0 Å². The molecule has 0 N–H and O–H groups in total. The largest absolute Gasteiger partial charge is 0.309 e. The molecule has 12 heteroatoms. The predicted molar refractivity (Wildman–Crippen MR) is 597 cm³/mol. The van der Waals surface area contributed by atoms with Crippen LogP contribution in [0.3, 0.4) is 0 Å². The van der Waals surface area contributed by atoms with E-state index < -0.39 is 0 Å². The number of hydrogen-bond acceptors (Lipinski definition) is 6. The van der Waals surface area contributed by atoms with Gasteiger partial charge in [0.2, 0.25) is 0 Å². The summed E-state index contributed by atoms with van der Waals surface area (Å²) in [6, 6.07) is 170. The molecule has 0 saturated heterocycles. The molecule has 0 bridgehead atoms. The van der Waals surface area contributed by atoms with Gasteiger partial charge in [0.25, 0.3) is 0 Å². The Bertz CT molecular complexity index is 9370. The second-order valence-electron chi connectivity index (χ2n) is 36.7. The van der Waals surface area contributed by atoms with Gasteiger partial charge in [0, 0.05) is 157 Å². The number of nitrogens with zero attached hydrogens (tertiary/aromatic N) is 12. The summed E-state index contributed by atoms with van der Waals surface area (Å²) in [4.78, 5) is 30.0. The molecule has 0 aliphatic rings. The zero-order chi connectivity index (χ0) is 94.8. The average Bonchev–Trinajstić information content (AvgIpc) is 1.53. The summed E-state index contributed by atoms with van der Waals surface area (Å²) in [6.45, 7) is 0. The molecular formula is C132H84N12. The van der Waals surface area contributed by atoms with Gasteiger partial charge in [-0.05, 0) is 146 Å². The summed E-state index contributed by atoms with van der Waals surface area (Å²) in [5, 5.41) is 21.5. The highest BCUT2D eigenvalue weighted by Crippen LogP contribution is 2.48. The lowest BCUT2D eigenvalue weighted by Gasteiger charge is -2.14. The molecule has 0 aliphatic carbocycles. The third kappa shape index (κ3) is 13.4. The van der Waals surface area contributed by atoms with E-state index in [0.717, 1.165) is 173 Å². The Morgan fingerprint density at radius 1 is 0.146 bits per heavy atom. The molecule has 0 fully saturated rings. The van der Waals surface area contributed by atoms with Gasteiger partial charge in [-0.2, -0.15) is 0 Å². The van der Waals surface area contributed by atoms with E-state index in [4.69, 9.17) is 19.9 Å². The van der Waals surface area contributed by atoms with Gasteiger partial charge in [-0.15, -0.1) is 0 Å². The number of aromatic nitrogens is 12. The van der Waals surface area contributed by atoms with Crippen LogP contribution >= 0.6 is 0 Å². The minimum absolute atomic E-state index is 0.928. The number of imidazole rings is 3. The zero-order valence-corrected chi connectivity index (χ0v) is 77.9. The molecule has 144 heavy (non-hydrogen) atoms. The van der Waals surface area contributed by atoms with Gasteiger partial charge in [-0.3, -0.25) is 28.2 Å². The van der Waals surface area contributed by atoms with Crippen molar-refractivity contribution >= 4 is 163 Å². The van der Waals surface area contributed by atoms with Crippen LogP contribution in [0.15, 0.2) is 510 Å². The molecule has 0 atom stereocenters. The molecule has 0 amide bonds. The standard InChI is InChI=1S/3C44H28N4/c1-3-13-30(14-4-1)43-46-40-36-19-9-7-17-34(36)35-18-8-10-20-37(35)42(40)48(43)32-26-24-29(25-27-32)33-21-11-22-38-39-23-12-28-45-44(39)47(41(33)38)31-15-5-2-6-16-31;1-3-12-30(13-4-1)44-46-41-37-18-9-7-16-34(37)35-17-8-10-19-38(35)43(41)48(44)32-24-22-29(23-25-32)33-20-11-21-39-36-26-27-45-28-40(36)47(42(33)39)31-14-5-2-6-15-31;1-3-12-30(13-4-1)44-46-41-36-18-9-7-16-34(36)35-17-8-10-19-37(35)43(41)48(44)32-24-22-29(23-25-32)33-20-11-21-38-39-28-45-27-26-40(39)47(42(33)38)31-14-5-2-6-15-31/h3*1-28H. The molecule has 0 saturated carbocycles. The van der Waals surface area contributed by atoms with Crippen molar-refractivity contribution in [1.82, 2.24) is 57.3 Å². The van der Waals surface area contributed by atoms with Gasteiger partial charge >= 0.3 is 0 Å². The van der Waals surface area contributed by atoms with E-state index in [0.29, 0.717) is 0 Å². The van der Waals surface area contributed by atoms with Gasteiger partial charge < -0.3 is 9.13 Å². The van der Waals surface area contributed by atoms with Crippen LogP contribution < -0.4 is 0 Å². The quantitative estimate of drug-likeness (QED) is 0.113. The Hall–Kier alpha value is -19.6. The average molecular weight is 1840 g/mol. The highest BCUT2D eigenvalue weighted by Gasteiger charge is 2.28. The Morgan fingerprint density at radius 2 is 0.417 bits per heavy atom. The molecule has 12 nitrogen and oxygen atoms in total. The van der Waals surface area contributed by atoms with Gasteiger partial charge in [-0.25, -0.2) is 19.9 Å². The molecule has 0 aliphatic heterocycles. The molecule has 0 radical (unpaired) electrons. The summed E-state index contributed by atoms with van der Waals surface area (Å²) in [6.07, 6.45) is 9.58. The molecule has 0 unspecified atom stereocenters. The van der Waals surface area contributed by atoms with E-state index in [2.05, 4.69) is 511 Å². The highest BCUT2D eigenvalue weighted by atomic mass is 15.1. The topological polar surface area (TPSA) is 107 Å². The van der Waals surface area contributed by atoms with E-state index in [9.17, 15) is 0 Å². The fraction of sp³-hybridized carbons (Fsp3) is 0. The summed E-state index contributed by atoms with van der Waals surface area (Å²) < 4.78 is 14.0. The molecule has 30 aromatic rings. The van der Waals surface area contributed by atoms with Crippen LogP contribution in [-0.2, 0) is 0 Å². The van der Waals surface area contributed by atoms with E-state index in [1.165, 1.54) is 92.2 Å². The van der Waals surface area contributed by atoms with Crippen molar-refractivity contribution in [3.63, 3.8) is 0 Å². The Labute approximate surface area is 826 Å².